The summed E-state index contributed by atoms with van der Waals surface area (Å²) >= 11 is 0. The maximum Gasteiger partial charge on any atom is 0.0462 e. The highest BCUT2D eigenvalue weighted by atomic mass is 15.1. The fraction of sp³-hybridized carbons (Fsp3) is 0.508. The number of nitrogens with zero attached hydrogens (tertiary/aromatic N) is 1. The topological polar surface area (TPSA) is 3.24 Å². The summed E-state index contributed by atoms with van der Waals surface area (Å²) in [5.41, 5.74) is 17.0. The van der Waals surface area contributed by atoms with Gasteiger partial charge in [0.2, 0.25) is 0 Å². The first-order valence-electron chi connectivity index (χ1n) is 25.3. The predicted octanol–water partition coefficient (Wildman–Crippen LogP) is 19.5. The van der Waals surface area contributed by atoms with Gasteiger partial charge in [-0.2, -0.15) is 0 Å². The van der Waals surface area contributed by atoms with E-state index in [0.29, 0.717) is 5.92 Å². The lowest BCUT2D eigenvalue weighted by Gasteiger charge is -2.34. The molecule has 1 nitrogen and oxygen atoms in total. The second-order valence-electron chi connectivity index (χ2n) is 20.4. The maximum atomic E-state index is 2.67. The van der Waals surface area contributed by atoms with Gasteiger partial charge in [-0.25, -0.2) is 0 Å². The number of rotatable bonds is 24. The van der Waals surface area contributed by atoms with Crippen LogP contribution in [0.2, 0.25) is 0 Å². The largest absolute Gasteiger partial charge is 0.311 e. The summed E-state index contributed by atoms with van der Waals surface area (Å²) in [6.07, 6.45) is 21.9. The van der Waals surface area contributed by atoms with Crippen LogP contribution in [0.3, 0.4) is 0 Å². The van der Waals surface area contributed by atoms with Crippen LogP contribution in [-0.2, 0) is 16.2 Å². The van der Waals surface area contributed by atoms with Gasteiger partial charge in [0.1, 0.15) is 0 Å². The molecule has 6 rings (SSSR count). The second-order valence-corrected chi connectivity index (χ2v) is 20.4. The van der Waals surface area contributed by atoms with E-state index in [0.717, 1.165) is 19.3 Å². The van der Waals surface area contributed by atoms with Crippen LogP contribution in [0.1, 0.15) is 212 Å². The van der Waals surface area contributed by atoms with Crippen molar-refractivity contribution in [1.29, 1.82) is 0 Å². The molecule has 1 heteroatoms. The Morgan fingerprint density at radius 2 is 0.871 bits per heavy atom. The highest BCUT2D eigenvalue weighted by Crippen LogP contribution is 2.56. The molecule has 5 aromatic rings. The smallest absolute Gasteiger partial charge is 0.0462 e. The molecule has 1 aliphatic carbocycles. The Balaban J connectivity index is 1.40. The van der Waals surface area contributed by atoms with Crippen molar-refractivity contribution in [3.63, 3.8) is 0 Å². The quantitative estimate of drug-likeness (QED) is 0.0560. The third-order valence-electron chi connectivity index (χ3n) is 15.5. The average Bonchev–Trinajstić information content (AvgIpc) is 3.57. The monoisotopic (exact) mass is 830 g/mol. The maximum absolute atomic E-state index is 2.67. The number of anilines is 3. The van der Waals surface area contributed by atoms with E-state index < -0.39 is 0 Å². The first-order chi connectivity index (χ1) is 29.9. The van der Waals surface area contributed by atoms with Crippen molar-refractivity contribution in [3.8, 4) is 22.3 Å². The van der Waals surface area contributed by atoms with Crippen LogP contribution in [0.4, 0.5) is 17.1 Å². The SMILES string of the molecule is CCCCCCCCC1(CCCCCCCC)c2cc(-c3ccc(N(c4ccc(C(C)CC)cc4)c4ccc(C(C)(C)CC)cc4)cc3)ccc2-c2ccc(C(C)(C)CC)cc21. The highest BCUT2D eigenvalue weighted by molar-refractivity contribution is 5.85. The standard InChI is InChI=1S/C61H83N/c1-11-16-18-20-22-24-42-61(43-25-23-21-19-17-12-2)57-44-49(30-40-55(57)56-41-33-51(45-58(56)61)60(9,10)15-5)48-28-36-53(37-29-48)62(52-34-26-47(27-35-52)46(6)13-3)54-38-31-50(32-39-54)59(7,8)14-4/h26-41,44-46H,11-25,42-43H2,1-10H3. The van der Waals surface area contributed by atoms with Gasteiger partial charge in [0, 0.05) is 22.5 Å². The van der Waals surface area contributed by atoms with Gasteiger partial charge < -0.3 is 4.90 Å². The molecule has 1 aliphatic rings. The van der Waals surface area contributed by atoms with Gasteiger partial charge in [-0.3, -0.25) is 0 Å². The Labute approximate surface area is 380 Å². The Bertz CT molecular complexity index is 2110. The molecule has 1 atom stereocenters. The summed E-state index contributed by atoms with van der Waals surface area (Å²) in [5, 5.41) is 0. The molecule has 5 aromatic carbocycles. The average molecular weight is 830 g/mol. The molecule has 0 fully saturated rings. The van der Waals surface area contributed by atoms with Crippen molar-refractivity contribution in [3.05, 3.63) is 137 Å². The van der Waals surface area contributed by atoms with Gasteiger partial charge in [-0.15, -0.1) is 0 Å². The summed E-state index contributed by atoms with van der Waals surface area (Å²) in [7, 11) is 0. The lowest BCUT2D eigenvalue weighted by atomic mass is 9.69. The van der Waals surface area contributed by atoms with Gasteiger partial charge in [0.05, 0.1) is 0 Å². The summed E-state index contributed by atoms with van der Waals surface area (Å²) in [5.74, 6) is 0.549. The zero-order valence-corrected chi connectivity index (χ0v) is 40.9. The molecule has 0 saturated heterocycles. The zero-order chi connectivity index (χ0) is 44.3. The van der Waals surface area contributed by atoms with Crippen LogP contribution in [0, 0.1) is 0 Å². The van der Waals surface area contributed by atoms with E-state index in [4.69, 9.17) is 0 Å². The molecule has 0 spiro atoms. The van der Waals surface area contributed by atoms with Crippen molar-refractivity contribution < 1.29 is 0 Å². The summed E-state index contributed by atoms with van der Waals surface area (Å²) in [4.78, 5) is 2.44. The first kappa shape index (κ1) is 47.4. The molecule has 1 unspecified atom stereocenters. The van der Waals surface area contributed by atoms with Crippen molar-refractivity contribution in [2.75, 3.05) is 4.90 Å². The number of fused-ring (bicyclic) bond motifs is 3. The molecular weight excluding hydrogens is 747 g/mol. The number of benzene rings is 5. The summed E-state index contributed by atoms with van der Waals surface area (Å²) in [6.45, 7) is 23.5. The molecule has 332 valence electrons. The van der Waals surface area contributed by atoms with Crippen LogP contribution < -0.4 is 4.90 Å². The molecule has 0 aromatic heterocycles. The van der Waals surface area contributed by atoms with E-state index in [9.17, 15) is 0 Å². The van der Waals surface area contributed by atoms with E-state index in [1.54, 1.807) is 11.1 Å². The van der Waals surface area contributed by atoms with Gasteiger partial charge in [0.25, 0.3) is 0 Å². The minimum atomic E-state index is 0.0483. The van der Waals surface area contributed by atoms with Crippen molar-refractivity contribution in [1.82, 2.24) is 0 Å². The fourth-order valence-corrected chi connectivity index (χ4v) is 10.1. The van der Waals surface area contributed by atoms with Gasteiger partial charge in [-0.1, -0.05) is 213 Å². The molecule has 0 bridgehead atoms. The zero-order valence-electron chi connectivity index (χ0n) is 40.9. The van der Waals surface area contributed by atoms with E-state index >= 15 is 0 Å². The number of hydrogen-bond donors (Lipinski definition) is 0. The van der Waals surface area contributed by atoms with Gasteiger partial charge >= 0.3 is 0 Å². The summed E-state index contributed by atoms with van der Waals surface area (Å²) < 4.78 is 0. The van der Waals surface area contributed by atoms with Crippen LogP contribution in [-0.4, -0.2) is 0 Å². The molecule has 0 amide bonds. The van der Waals surface area contributed by atoms with Crippen LogP contribution in [0.15, 0.2) is 109 Å². The van der Waals surface area contributed by atoms with E-state index in [1.165, 1.54) is 146 Å². The number of unbranched alkanes of at least 4 members (excludes halogenated alkanes) is 10. The first-order valence-corrected chi connectivity index (χ1v) is 25.3. The molecule has 0 aliphatic heterocycles. The van der Waals surface area contributed by atoms with Crippen molar-refractivity contribution >= 4 is 17.1 Å². The lowest BCUT2D eigenvalue weighted by molar-refractivity contribution is 0.396. The Morgan fingerprint density at radius 1 is 0.452 bits per heavy atom. The molecule has 62 heavy (non-hydrogen) atoms. The molecule has 0 heterocycles. The molecule has 0 saturated carbocycles. The predicted molar refractivity (Wildman–Crippen MR) is 274 cm³/mol. The van der Waals surface area contributed by atoms with Crippen LogP contribution in [0.25, 0.3) is 22.3 Å². The Morgan fingerprint density at radius 3 is 1.39 bits per heavy atom. The Hall–Kier alpha value is -4.10. The minimum absolute atomic E-state index is 0.0483. The van der Waals surface area contributed by atoms with Crippen molar-refractivity contribution in [2.45, 2.75) is 201 Å². The normalized spacial score (nSPS) is 13.8. The minimum Gasteiger partial charge on any atom is -0.311 e. The third-order valence-corrected chi connectivity index (χ3v) is 15.5. The molecule has 0 N–H and O–H groups in total. The Kier molecular flexibility index (Phi) is 16.4. The van der Waals surface area contributed by atoms with E-state index in [-0.39, 0.29) is 16.2 Å². The van der Waals surface area contributed by atoms with Crippen molar-refractivity contribution in [2.24, 2.45) is 0 Å². The third kappa shape index (κ3) is 10.6. The number of hydrogen-bond acceptors (Lipinski definition) is 1. The van der Waals surface area contributed by atoms with Crippen LogP contribution >= 0.6 is 0 Å². The van der Waals surface area contributed by atoms with Crippen LogP contribution in [0.5, 0.6) is 0 Å². The molecular formula is C61H83N. The fourth-order valence-electron chi connectivity index (χ4n) is 10.1. The van der Waals surface area contributed by atoms with E-state index in [2.05, 4.69) is 183 Å². The molecule has 0 radical (unpaired) electrons. The van der Waals surface area contributed by atoms with Gasteiger partial charge in [-0.05, 0) is 141 Å². The van der Waals surface area contributed by atoms with Gasteiger partial charge in [0.15, 0.2) is 0 Å². The highest BCUT2D eigenvalue weighted by Gasteiger charge is 2.43. The lowest BCUT2D eigenvalue weighted by Crippen LogP contribution is -2.26. The summed E-state index contributed by atoms with van der Waals surface area (Å²) in [6, 6.07) is 43.2. The van der Waals surface area contributed by atoms with E-state index in [1.807, 2.05) is 0 Å². The second kappa shape index (κ2) is 21.5.